The summed E-state index contributed by atoms with van der Waals surface area (Å²) in [7, 11) is -4.19. The molecule has 0 atom stereocenters. The molecule has 0 bridgehead atoms. The zero-order valence-electron chi connectivity index (χ0n) is 12.4. The number of sulfonamides is 1. The van der Waals surface area contributed by atoms with Gasteiger partial charge in [0.2, 0.25) is 0 Å². The van der Waals surface area contributed by atoms with Gasteiger partial charge in [-0.05, 0) is 31.2 Å². The van der Waals surface area contributed by atoms with Crippen LogP contribution in [0.25, 0.3) is 0 Å². The zero-order chi connectivity index (χ0) is 18.0. The molecule has 0 unspecified atom stereocenters. The molecule has 2 N–H and O–H groups in total. The standard InChI is InChI=1S/C15H13F3N2O3S/c1-10-6-8-11(9-7-10)24(22,23)20-14(21)19-13-5-3-2-4-12(13)15(16,17)18/h2-9H,1H3,(H2,19,20,21). The number of carbonyl (C=O) groups is 1. The average molecular weight is 358 g/mol. The van der Waals surface area contributed by atoms with E-state index in [2.05, 4.69) is 0 Å². The van der Waals surface area contributed by atoms with E-state index in [0.29, 0.717) is 0 Å². The second-order valence-corrected chi connectivity index (χ2v) is 6.60. The Morgan fingerprint density at radius 1 is 1.00 bits per heavy atom. The van der Waals surface area contributed by atoms with Gasteiger partial charge in [-0.3, -0.25) is 0 Å². The fourth-order valence-electron chi connectivity index (χ4n) is 1.89. The maximum absolute atomic E-state index is 12.8. The van der Waals surface area contributed by atoms with Gasteiger partial charge in [-0.25, -0.2) is 17.9 Å². The van der Waals surface area contributed by atoms with Crippen molar-refractivity contribution in [1.82, 2.24) is 4.72 Å². The van der Waals surface area contributed by atoms with E-state index >= 15 is 0 Å². The van der Waals surface area contributed by atoms with E-state index in [1.807, 2.05) is 5.32 Å². The van der Waals surface area contributed by atoms with Gasteiger partial charge in [-0.15, -0.1) is 0 Å². The van der Waals surface area contributed by atoms with Gasteiger partial charge < -0.3 is 5.32 Å². The quantitative estimate of drug-likeness (QED) is 0.881. The summed E-state index contributed by atoms with van der Waals surface area (Å²) in [5, 5.41) is 1.91. The summed E-state index contributed by atoms with van der Waals surface area (Å²) in [6, 6.07) is 8.62. The molecule has 0 heterocycles. The fraction of sp³-hybridized carbons (Fsp3) is 0.133. The topological polar surface area (TPSA) is 75.3 Å². The largest absolute Gasteiger partial charge is 0.418 e. The Morgan fingerprint density at radius 3 is 2.17 bits per heavy atom. The van der Waals surface area contributed by atoms with Crippen molar-refractivity contribution < 1.29 is 26.4 Å². The molecule has 0 spiro atoms. The molecule has 0 aliphatic carbocycles. The molecular formula is C15H13F3N2O3S. The number of rotatable bonds is 3. The predicted molar refractivity (Wildman–Crippen MR) is 82.0 cm³/mol. The highest BCUT2D eigenvalue weighted by atomic mass is 32.2. The maximum atomic E-state index is 12.8. The molecule has 0 aromatic heterocycles. The van der Waals surface area contributed by atoms with Crippen molar-refractivity contribution in [3.8, 4) is 0 Å². The number of aryl methyl sites for hydroxylation is 1. The Hall–Kier alpha value is -2.55. The van der Waals surface area contributed by atoms with Gasteiger partial charge in [0.15, 0.2) is 0 Å². The fourth-order valence-corrected chi connectivity index (χ4v) is 2.79. The summed E-state index contributed by atoms with van der Waals surface area (Å²) in [6.45, 7) is 1.75. The van der Waals surface area contributed by atoms with Crippen molar-refractivity contribution in [3.05, 3.63) is 59.7 Å². The van der Waals surface area contributed by atoms with E-state index in [1.165, 1.54) is 30.3 Å². The Kier molecular flexibility index (Phi) is 4.83. The second-order valence-electron chi connectivity index (χ2n) is 4.92. The monoisotopic (exact) mass is 358 g/mol. The minimum Gasteiger partial charge on any atom is -0.307 e. The molecule has 0 saturated heterocycles. The van der Waals surface area contributed by atoms with Crippen molar-refractivity contribution in [2.24, 2.45) is 0 Å². The molecule has 128 valence electrons. The molecule has 0 fully saturated rings. The summed E-state index contributed by atoms with van der Waals surface area (Å²) in [5.41, 5.74) is -0.799. The molecule has 5 nitrogen and oxygen atoms in total. The SMILES string of the molecule is Cc1ccc(S(=O)(=O)NC(=O)Nc2ccccc2C(F)(F)F)cc1. The van der Waals surface area contributed by atoms with Crippen molar-refractivity contribution in [2.75, 3.05) is 5.32 Å². The van der Waals surface area contributed by atoms with Crippen LogP contribution in [0, 0.1) is 6.92 Å². The number of hydrogen-bond acceptors (Lipinski definition) is 3. The zero-order valence-corrected chi connectivity index (χ0v) is 13.2. The van der Waals surface area contributed by atoms with Gasteiger partial charge in [0.05, 0.1) is 16.1 Å². The number of hydrogen-bond donors (Lipinski definition) is 2. The lowest BCUT2D eigenvalue weighted by Gasteiger charge is -2.14. The Balaban J connectivity index is 2.18. The number of halogens is 3. The Bertz CT molecular complexity index is 847. The number of anilines is 1. The van der Waals surface area contributed by atoms with Gasteiger partial charge in [0.1, 0.15) is 0 Å². The van der Waals surface area contributed by atoms with Crippen molar-refractivity contribution in [3.63, 3.8) is 0 Å². The van der Waals surface area contributed by atoms with Crippen LogP contribution in [-0.4, -0.2) is 14.4 Å². The first kappa shape index (κ1) is 17.8. The Morgan fingerprint density at radius 2 is 1.58 bits per heavy atom. The summed E-state index contributed by atoms with van der Waals surface area (Å²) in [5.74, 6) is 0. The highest BCUT2D eigenvalue weighted by Gasteiger charge is 2.33. The van der Waals surface area contributed by atoms with Crippen LogP contribution >= 0.6 is 0 Å². The smallest absolute Gasteiger partial charge is 0.307 e. The third kappa shape index (κ3) is 4.25. The number of amides is 2. The third-order valence-corrected chi connectivity index (χ3v) is 4.39. The van der Waals surface area contributed by atoms with E-state index in [0.717, 1.165) is 23.8 Å². The van der Waals surface area contributed by atoms with E-state index in [-0.39, 0.29) is 4.90 Å². The van der Waals surface area contributed by atoms with E-state index in [4.69, 9.17) is 0 Å². The summed E-state index contributed by atoms with van der Waals surface area (Å²) >= 11 is 0. The van der Waals surface area contributed by atoms with Gasteiger partial charge in [-0.1, -0.05) is 29.8 Å². The highest BCUT2D eigenvalue weighted by Crippen LogP contribution is 2.34. The molecular weight excluding hydrogens is 345 g/mol. The van der Waals surface area contributed by atoms with Gasteiger partial charge in [-0.2, -0.15) is 13.2 Å². The number of nitrogens with one attached hydrogen (secondary N) is 2. The first-order valence-electron chi connectivity index (χ1n) is 6.66. The minimum absolute atomic E-state index is 0.174. The Labute approximate surface area is 136 Å². The van der Waals surface area contributed by atoms with E-state index in [9.17, 15) is 26.4 Å². The van der Waals surface area contributed by atoms with Gasteiger partial charge in [0.25, 0.3) is 10.0 Å². The molecule has 0 radical (unpaired) electrons. The van der Waals surface area contributed by atoms with Gasteiger partial charge in [0, 0.05) is 0 Å². The van der Waals surface area contributed by atoms with Crippen LogP contribution < -0.4 is 10.0 Å². The first-order chi connectivity index (χ1) is 11.1. The van der Waals surface area contributed by atoms with Crippen molar-refractivity contribution >= 4 is 21.7 Å². The second kappa shape index (κ2) is 6.52. The number of urea groups is 1. The van der Waals surface area contributed by atoms with Crippen LogP contribution in [0.5, 0.6) is 0 Å². The van der Waals surface area contributed by atoms with E-state index < -0.39 is 33.5 Å². The highest BCUT2D eigenvalue weighted by molar-refractivity contribution is 7.90. The van der Waals surface area contributed by atoms with Crippen LogP contribution in [-0.2, 0) is 16.2 Å². The molecule has 2 amide bonds. The molecule has 0 aliphatic rings. The van der Waals surface area contributed by atoms with Crippen LogP contribution in [0.15, 0.2) is 53.4 Å². The summed E-state index contributed by atoms with van der Waals surface area (Å²) in [6.07, 6.45) is -4.68. The molecule has 9 heteroatoms. The van der Waals surface area contributed by atoms with Crippen molar-refractivity contribution in [2.45, 2.75) is 18.0 Å². The number of carbonyl (C=O) groups excluding carboxylic acids is 1. The number of alkyl halides is 3. The minimum atomic E-state index is -4.68. The predicted octanol–water partition coefficient (Wildman–Crippen LogP) is 3.52. The summed E-state index contributed by atoms with van der Waals surface area (Å²) < 4.78 is 64.3. The number of para-hydroxylation sites is 1. The summed E-state index contributed by atoms with van der Waals surface area (Å²) in [4.78, 5) is 11.6. The molecule has 2 aromatic carbocycles. The van der Waals surface area contributed by atoms with E-state index in [1.54, 1.807) is 11.6 Å². The van der Waals surface area contributed by atoms with Crippen molar-refractivity contribution in [1.29, 1.82) is 0 Å². The average Bonchev–Trinajstić information content (AvgIpc) is 2.46. The molecule has 0 saturated carbocycles. The lowest BCUT2D eigenvalue weighted by atomic mass is 10.2. The van der Waals surface area contributed by atoms with Crippen LogP contribution in [0.3, 0.4) is 0 Å². The third-order valence-electron chi connectivity index (χ3n) is 3.04. The van der Waals surface area contributed by atoms with Crippen LogP contribution in [0.2, 0.25) is 0 Å². The lowest BCUT2D eigenvalue weighted by Crippen LogP contribution is -2.34. The van der Waals surface area contributed by atoms with Gasteiger partial charge >= 0.3 is 12.2 Å². The molecule has 2 rings (SSSR count). The lowest BCUT2D eigenvalue weighted by molar-refractivity contribution is -0.136. The normalized spacial score (nSPS) is 11.8. The first-order valence-corrected chi connectivity index (χ1v) is 8.14. The molecule has 24 heavy (non-hydrogen) atoms. The van der Waals surface area contributed by atoms with Crippen LogP contribution in [0.1, 0.15) is 11.1 Å². The molecule has 2 aromatic rings. The van der Waals surface area contributed by atoms with Crippen LogP contribution in [0.4, 0.5) is 23.7 Å². The maximum Gasteiger partial charge on any atom is 0.418 e. The molecule has 0 aliphatic heterocycles. The number of benzene rings is 2.